The van der Waals surface area contributed by atoms with E-state index in [1.807, 2.05) is 6.92 Å². The fraction of sp³-hybridized carbons (Fsp3) is 0.750. The largest absolute Gasteiger partial charge is 0.534 e. The molecule has 0 aromatic carbocycles. The highest BCUT2D eigenvalue weighted by atomic mass is 32.2. The number of hydrogen-bond acceptors (Lipinski definition) is 3. The molecule has 0 aliphatic heterocycles. The van der Waals surface area contributed by atoms with Gasteiger partial charge in [-0.25, -0.2) is 0 Å². The molecule has 0 saturated heterocycles. The van der Waals surface area contributed by atoms with Crippen molar-refractivity contribution >= 4 is 10.1 Å². The zero-order chi connectivity index (χ0) is 11.9. The molecule has 0 amide bonds. The van der Waals surface area contributed by atoms with Crippen molar-refractivity contribution in [2.45, 2.75) is 25.8 Å². The molecule has 7 heteroatoms. The van der Waals surface area contributed by atoms with E-state index in [-0.39, 0.29) is 24.0 Å². The molecule has 1 rings (SSSR count). The van der Waals surface area contributed by atoms with Gasteiger partial charge in [-0.3, -0.25) is 0 Å². The zero-order valence-electron chi connectivity index (χ0n) is 8.21. The molecule has 1 aliphatic carbocycles. The van der Waals surface area contributed by atoms with E-state index in [1.165, 1.54) is 6.08 Å². The van der Waals surface area contributed by atoms with Gasteiger partial charge in [-0.15, -0.1) is 0 Å². The number of allylic oxidation sites excluding steroid dienone is 2. The Kier molecular flexibility index (Phi) is 3.04. The monoisotopic (exact) mass is 244 g/mol. The predicted molar refractivity (Wildman–Crippen MR) is 47.1 cm³/mol. The van der Waals surface area contributed by atoms with Crippen LogP contribution >= 0.6 is 0 Å². The molecule has 0 aromatic rings. The minimum Gasteiger partial charge on any atom is -0.381 e. The van der Waals surface area contributed by atoms with E-state index >= 15 is 0 Å². The van der Waals surface area contributed by atoms with Gasteiger partial charge in [0.2, 0.25) is 0 Å². The summed E-state index contributed by atoms with van der Waals surface area (Å²) in [7, 11) is -5.50. The van der Waals surface area contributed by atoms with Gasteiger partial charge in [-0.2, -0.15) is 21.6 Å². The van der Waals surface area contributed by atoms with Gasteiger partial charge in [-0.1, -0.05) is 13.8 Å². The first-order valence-corrected chi connectivity index (χ1v) is 5.76. The lowest BCUT2D eigenvalue weighted by Gasteiger charge is -2.10. The van der Waals surface area contributed by atoms with Crippen molar-refractivity contribution in [3.8, 4) is 0 Å². The van der Waals surface area contributed by atoms with Crippen LogP contribution in [0.1, 0.15) is 20.3 Å². The van der Waals surface area contributed by atoms with Crippen LogP contribution in [0.5, 0.6) is 0 Å². The molecule has 0 heterocycles. The van der Waals surface area contributed by atoms with Crippen molar-refractivity contribution in [2.75, 3.05) is 0 Å². The molecule has 0 aromatic heterocycles. The summed E-state index contributed by atoms with van der Waals surface area (Å²) >= 11 is 0. The Morgan fingerprint density at radius 1 is 1.40 bits per heavy atom. The molecule has 0 unspecified atom stereocenters. The molecule has 2 atom stereocenters. The summed E-state index contributed by atoms with van der Waals surface area (Å²) in [5.41, 5.74) is -5.36. The summed E-state index contributed by atoms with van der Waals surface area (Å²) in [6.45, 7) is 3.61. The number of rotatable bonds is 2. The third kappa shape index (κ3) is 2.64. The lowest BCUT2D eigenvalue weighted by Crippen LogP contribution is -2.25. The van der Waals surface area contributed by atoms with Crippen LogP contribution in [0.2, 0.25) is 0 Å². The van der Waals surface area contributed by atoms with Crippen LogP contribution in [0.15, 0.2) is 11.8 Å². The quantitative estimate of drug-likeness (QED) is 0.553. The molecule has 15 heavy (non-hydrogen) atoms. The van der Waals surface area contributed by atoms with Gasteiger partial charge in [-0.05, 0) is 17.9 Å². The fourth-order valence-corrected chi connectivity index (χ4v) is 1.78. The van der Waals surface area contributed by atoms with Crippen molar-refractivity contribution < 1.29 is 25.8 Å². The first-order chi connectivity index (χ1) is 6.63. The molecule has 0 fully saturated rings. The van der Waals surface area contributed by atoms with E-state index in [1.54, 1.807) is 6.92 Å². The molecule has 1 aliphatic rings. The van der Waals surface area contributed by atoms with Gasteiger partial charge >= 0.3 is 15.6 Å². The van der Waals surface area contributed by atoms with Crippen LogP contribution in [-0.4, -0.2) is 13.9 Å². The third-order valence-electron chi connectivity index (χ3n) is 2.37. The lowest BCUT2D eigenvalue weighted by molar-refractivity contribution is -0.0523. The van der Waals surface area contributed by atoms with Gasteiger partial charge in [0.05, 0.1) is 0 Å². The van der Waals surface area contributed by atoms with Crippen LogP contribution in [-0.2, 0) is 14.3 Å². The Morgan fingerprint density at radius 3 is 2.27 bits per heavy atom. The Morgan fingerprint density at radius 2 is 1.93 bits per heavy atom. The molecule has 0 bridgehead atoms. The van der Waals surface area contributed by atoms with Gasteiger partial charge < -0.3 is 4.18 Å². The third-order valence-corrected chi connectivity index (χ3v) is 3.37. The molecule has 0 spiro atoms. The highest BCUT2D eigenvalue weighted by molar-refractivity contribution is 7.87. The van der Waals surface area contributed by atoms with E-state index in [0.717, 1.165) is 0 Å². The van der Waals surface area contributed by atoms with E-state index < -0.39 is 15.6 Å². The topological polar surface area (TPSA) is 43.4 Å². The maximum atomic E-state index is 11.9. The van der Waals surface area contributed by atoms with Crippen molar-refractivity contribution in [3.05, 3.63) is 11.8 Å². The lowest BCUT2D eigenvalue weighted by atomic mass is 10.0. The Hall–Kier alpha value is -0.720. The molecular weight excluding hydrogens is 233 g/mol. The van der Waals surface area contributed by atoms with Gasteiger partial charge in [0.15, 0.2) is 0 Å². The number of alkyl halides is 3. The van der Waals surface area contributed by atoms with Crippen LogP contribution in [0.25, 0.3) is 0 Å². The van der Waals surface area contributed by atoms with Gasteiger partial charge in [0.1, 0.15) is 5.76 Å². The maximum absolute atomic E-state index is 11.9. The summed E-state index contributed by atoms with van der Waals surface area (Å²) in [4.78, 5) is 0. The second-order valence-corrected chi connectivity index (χ2v) is 5.19. The SMILES string of the molecule is C[C@H]1C=C(OS(=O)(=O)C(F)(F)F)C[C@@H]1C. The predicted octanol–water partition coefficient (Wildman–Crippen LogP) is 2.41. The van der Waals surface area contributed by atoms with E-state index in [9.17, 15) is 21.6 Å². The molecule has 3 nitrogen and oxygen atoms in total. The Balaban J connectivity index is 2.77. The minimum absolute atomic E-state index is 0.0310. The fourth-order valence-electron chi connectivity index (χ4n) is 1.28. The van der Waals surface area contributed by atoms with Crippen LogP contribution in [0.3, 0.4) is 0 Å². The van der Waals surface area contributed by atoms with Crippen molar-refractivity contribution in [1.29, 1.82) is 0 Å². The van der Waals surface area contributed by atoms with E-state index in [4.69, 9.17) is 0 Å². The average molecular weight is 244 g/mol. The second kappa shape index (κ2) is 3.70. The number of hydrogen-bond donors (Lipinski definition) is 0. The van der Waals surface area contributed by atoms with Crippen molar-refractivity contribution in [2.24, 2.45) is 11.8 Å². The standard InChI is InChI=1S/C8H11F3O3S/c1-5-3-7(4-6(5)2)14-15(12,13)8(9,10)11/h3,5-6H,4H2,1-2H3/t5-,6-/m0/s1. The molecule has 88 valence electrons. The highest BCUT2D eigenvalue weighted by Crippen LogP contribution is 2.34. The Bertz CT molecular complexity index is 369. The Labute approximate surface area is 86.0 Å². The van der Waals surface area contributed by atoms with Gasteiger partial charge in [0, 0.05) is 6.42 Å². The zero-order valence-corrected chi connectivity index (χ0v) is 9.02. The maximum Gasteiger partial charge on any atom is 0.534 e. The van der Waals surface area contributed by atoms with Crippen LogP contribution < -0.4 is 0 Å². The molecule has 0 saturated carbocycles. The number of halogens is 3. The van der Waals surface area contributed by atoms with Gasteiger partial charge in [0.25, 0.3) is 0 Å². The van der Waals surface area contributed by atoms with Crippen molar-refractivity contribution in [3.63, 3.8) is 0 Å². The first-order valence-electron chi connectivity index (χ1n) is 4.35. The smallest absolute Gasteiger partial charge is 0.381 e. The summed E-state index contributed by atoms with van der Waals surface area (Å²) in [5, 5.41) is 0. The summed E-state index contributed by atoms with van der Waals surface area (Å²) < 4.78 is 61.1. The molecular formula is C8H11F3O3S. The van der Waals surface area contributed by atoms with Crippen LogP contribution in [0, 0.1) is 11.8 Å². The van der Waals surface area contributed by atoms with Crippen molar-refractivity contribution in [1.82, 2.24) is 0 Å². The average Bonchev–Trinajstić information content (AvgIpc) is 2.27. The first kappa shape index (κ1) is 12.4. The molecule has 0 radical (unpaired) electrons. The minimum atomic E-state index is -5.50. The van der Waals surface area contributed by atoms with Crippen LogP contribution in [0.4, 0.5) is 13.2 Å². The highest BCUT2D eigenvalue weighted by Gasteiger charge is 2.49. The summed E-state index contributed by atoms with van der Waals surface area (Å²) in [6.07, 6.45) is 1.63. The molecule has 0 N–H and O–H groups in total. The summed E-state index contributed by atoms with van der Waals surface area (Å²) in [6, 6.07) is 0. The normalized spacial score (nSPS) is 27.7. The van der Waals surface area contributed by atoms with E-state index in [0.29, 0.717) is 0 Å². The van der Waals surface area contributed by atoms with E-state index in [2.05, 4.69) is 4.18 Å². The second-order valence-electron chi connectivity index (χ2n) is 3.66. The summed E-state index contributed by atoms with van der Waals surface area (Å²) in [5.74, 6) is 0.0131.